The summed E-state index contributed by atoms with van der Waals surface area (Å²) in [6.45, 7) is 3.52. The standard InChI is InChI=1S/C20H26N2O11/c1-10(23)22-17-14(29-7-6-21)8-15(20(27)28-5)33-19(17)18(32-13(4)26)16(31-12(3)25)9-30-11(2)24/h8,14,16-19H,7,9H2,1-5H3,(H,22,23)/t14-,16+,17+,18+,19+/m0/s1. The second-order valence-electron chi connectivity index (χ2n) is 6.79. The molecule has 182 valence electrons. The molecule has 33 heavy (non-hydrogen) atoms. The minimum Gasteiger partial charge on any atom is -0.477 e. The number of rotatable bonds is 10. The molecule has 0 saturated heterocycles. The molecule has 0 aliphatic carbocycles. The van der Waals surface area contributed by atoms with Crippen LogP contribution < -0.4 is 5.32 Å². The van der Waals surface area contributed by atoms with Crippen molar-refractivity contribution in [2.24, 2.45) is 0 Å². The van der Waals surface area contributed by atoms with Gasteiger partial charge < -0.3 is 33.7 Å². The summed E-state index contributed by atoms with van der Waals surface area (Å²) in [5.74, 6) is -4.15. The second kappa shape index (κ2) is 13.0. The van der Waals surface area contributed by atoms with Crippen LogP contribution in [0.5, 0.6) is 0 Å². The first-order chi connectivity index (χ1) is 15.5. The predicted molar refractivity (Wildman–Crippen MR) is 106 cm³/mol. The molecule has 0 aromatic heterocycles. The van der Waals surface area contributed by atoms with E-state index < -0.39 is 73.5 Å². The zero-order valence-electron chi connectivity index (χ0n) is 18.8. The third-order valence-corrected chi connectivity index (χ3v) is 4.14. The number of hydrogen-bond donors (Lipinski definition) is 1. The molecule has 1 amide bonds. The molecule has 0 aromatic carbocycles. The van der Waals surface area contributed by atoms with Crippen LogP contribution >= 0.6 is 0 Å². The maximum Gasteiger partial charge on any atom is 0.373 e. The van der Waals surface area contributed by atoms with Gasteiger partial charge in [-0.15, -0.1) is 0 Å². The summed E-state index contributed by atoms with van der Waals surface area (Å²) in [4.78, 5) is 59.0. The van der Waals surface area contributed by atoms with Crippen molar-refractivity contribution in [3.05, 3.63) is 11.8 Å². The fourth-order valence-corrected chi connectivity index (χ4v) is 3.03. The van der Waals surface area contributed by atoms with Crippen LogP contribution in [-0.4, -0.2) is 80.6 Å². The summed E-state index contributed by atoms with van der Waals surface area (Å²) < 4.78 is 31.3. The minimum atomic E-state index is -1.48. The van der Waals surface area contributed by atoms with Crippen molar-refractivity contribution in [2.75, 3.05) is 20.3 Å². The van der Waals surface area contributed by atoms with Gasteiger partial charge >= 0.3 is 23.9 Å². The molecule has 1 N–H and O–H groups in total. The highest BCUT2D eigenvalue weighted by Crippen LogP contribution is 2.28. The molecule has 0 unspecified atom stereocenters. The third-order valence-electron chi connectivity index (χ3n) is 4.14. The monoisotopic (exact) mass is 470 g/mol. The number of hydrogen-bond acceptors (Lipinski definition) is 12. The largest absolute Gasteiger partial charge is 0.477 e. The minimum absolute atomic E-state index is 0.363. The Morgan fingerprint density at radius 2 is 1.73 bits per heavy atom. The van der Waals surface area contributed by atoms with Crippen LogP contribution in [0.1, 0.15) is 27.7 Å². The number of nitrogens with one attached hydrogen (secondary N) is 1. The van der Waals surface area contributed by atoms with Gasteiger partial charge in [0.25, 0.3) is 0 Å². The third kappa shape index (κ3) is 8.77. The number of esters is 4. The summed E-state index contributed by atoms with van der Waals surface area (Å²) in [5, 5.41) is 11.5. The molecule has 0 saturated carbocycles. The lowest BCUT2D eigenvalue weighted by Gasteiger charge is -2.41. The molecule has 1 aliphatic rings. The molecule has 0 bridgehead atoms. The van der Waals surface area contributed by atoms with Gasteiger partial charge in [0, 0.05) is 27.7 Å². The molecular weight excluding hydrogens is 444 g/mol. The van der Waals surface area contributed by atoms with E-state index in [1.54, 1.807) is 6.07 Å². The van der Waals surface area contributed by atoms with Crippen molar-refractivity contribution in [3.63, 3.8) is 0 Å². The van der Waals surface area contributed by atoms with Gasteiger partial charge in [-0.05, 0) is 6.08 Å². The molecule has 13 heteroatoms. The highest BCUT2D eigenvalue weighted by Gasteiger charge is 2.48. The van der Waals surface area contributed by atoms with Gasteiger partial charge in [0.05, 0.1) is 19.2 Å². The lowest BCUT2D eigenvalue weighted by molar-refractivity contribution is -0.190. The fraction of sp³-hybridized carbons (Fsp3) is 0.600. The molecule has 1 heterocycles. The summed E-state index contributed by atoms with van der Waals surface area (Å²) >= 11 is 0. The number of carbonyl (C=O) groups is 5. The Labute approximate surface area is 189 Å². The molecule has 1 aliphatic heterocycles. The Morgan fingerprint density at radius 1 is 1.09 bits per heavy atom. The second-order valence-corrected chi connectivity index (χ2v) is 6.79. The Bertz CT molecular complexity index is 832. The van der Waals surface area contributed by atoms with Gasteiger partial charge in [-0.3, -0.25) is 19.2 Å². The number of methoxy groups -OCH3 is 1. The first kappa shape index (κ1) is 27.4. The summed E-state index contributed by atoms with van der Waals surface area (Å²) in [6, 6.07) is 0.650. The Balaban J connectivity index is 3.55. The van der Waals surface area contributed by atoms with E-state index in [-0.39, 0.29) is 5.76 Å². The number of ether oxygens (including phenoxy) is 6. The molecular formula is C20H26N2O11. The zero-order valence-corrected chi connectivity index (χ0v) is 18.8. The number of nitriles is 1. The van der Waals surface area contributed by atoms with Gasteiger partial charge in [0.2, 0.25) is 11.7 Å². The van der Waals surface area contributed by atoms with Gasteiger partial charge in [0.1, 0.15) is 19.3 Å². The molecule has 0 fully saturated rings. The number of nitrogens with zero attached hydrogens (tertiary/aromatic N) is 1. The molecule has 0 aromatic rings. The van der Waals surface area contributed by atoms with Crippen molar-refractivity contribution in [3.8, 4) is 6.07 Å². The molecule has 5 atom stereocenters. The van der Waals surface area contributed by atoms with E-state index in [9.17, 15) is 24.0 Å². The lowest BCUT2D eigenvalue weighted by Crippen LogP contribution is -2.61. The Morgan fingerprint density at radius 3 is 2.21 bits per heavy atom. The van der Waals surface area contributed by atoms with Crippen molar-refractivity contribution in [2.45, 2.75) is 58.2 Å². The average molecular weight is 470 g/mol. The van der Waals surface area contributed by atoms with Crippen molar-refractivity contribution in [1.29, 1.82) is 5.26 Å². The quantitative estimate of drug-likeness (QED) is 0.314. The number of carbonyl (C=O) groups excluding carboxylic acids is 5. The van der Waals surface area contributed by atoms with Crippen LogP contribution in [0.4, 0.5) is 0 Å². The van der Waals surface area contributed by atoms with Crippen LogP contribution in [0.25, 0.3) is 0 Å². The van der Waals surface area contributed by atoms with Crippen molar-refractivity contribution >= 4 is 29.8 Å². The smallest absolute Gasteiger partial charge is 0.373 e. The first-order valence-electron chi connectivity index (χ1n) is 9.70. The molecule has 0 spiro atoms. The molecule has 1 rings (SSSR count). The van der Waals surface area contributed by atoms with Crippen LogP contribution in [0.3, 0.4) is 0 Å². The van der Waals surface area contributed by atoms with E-state index in [4.69, 9.17) is 28.9 Å². The van der Waals surface area contributed by atoms with Gasteiger partial charge in [-0.1, -0.05) is 0 Å². The lowest BCUT2D eigenvalue weighted by atomic mass is 9.93. The number of amides is 1. The maximum atomic E-state index is 12.2. The Kier molecular flexibility index (Phi) is 10.8. The fourth-order valence-electron chi connectivity index (χ4n) is 3.03. The van der Waals surface area contributed by atoms with E-state index in [2.05, 4.69) is 10.1 Å². The van der Waals surface area contributed by atoms with Crippen LogP contribution in [-0.2, 0) is 52.4 Å². The SMILES string of the molecule is COC(=O)C1=C[C@H](OCC#N)[C@@H](NC(C)=O)[C@H]([C@H](OC(C)=O)[C@@H](COC(C)=O)OC(C)=O)O1. The van der Waals surface area contributed by atoms with Crippen LogP contribution in [0, 0.1) is 11.3 Å². The van der Waals surface area contributed by atoms with Gasteiger partial charge in [-0.2, -0.15) is 5.26 Å². The summed E-state index contributed by atoms with van der Waals surface area (Å²) in [6.07, 6.45) is -4.17. The van der Waals surface area contributed by atoms with Crippen LogP contribution in [0.15, 0.2) is 11.8 Å². The topological polar surface area (TPSA) is 177 Å². The average Bonchev–Trinajstić information content (AvgIpc) is 2.72. The van der Waals surface area contributed by atoms with Gasteiger partial charge in [-0.25, -0.2) is 4.79 Å². The highest BCUT2D eigenvalue weighted by atomic mass is 16.6. The predicted octanol–water partition coefficient (Wildman–Crippen LogP) is -0.718. The maximum absolute atomic E-state index is 12.2. The van der Waals surface area contributed by atoms with Crippen molar-refractivity contribution < 1.29 is 52.4 Å². The van der Waals surface area contributed by atoms with Crippen LogP contribution in [0.2, 0.25) is 0 Å². The van der Waals surface area contributed by atoms with Gasteiger partial charge in [0.15, 0.2) is 18.3 Å². The highest BCUT2D eigenvalue weighted by molar-refractivity contribution is 5.86. The van der Waals surface area contributed by atoms with E-state index in [1.165, 1.54) is 13.0 Å². The Hall–Kier alpha value is -3.66. The zero-order chi connectivity index (χ0) is 25.1. The van der Waals surface area contributed by atoms with E-state index in [0.29, 0.717) is 0 Å². The normalized spacial score (nSPS) is 21.1. The van der Waals surface area contributed by atoms with E-state index in [0.717, 1.165) is 27.9 Å². The summed E-state index contributed by atoms with van der Waals surface area (Å²) in [7, 11) is 1.10. The molecule has 13 nitrogen and oxygen atoms in total. The van der Waals surface area contributed by atoms with Crippen molar-refractivity contribution in [1.82, 2.24) is 5.32 Å². The first-order valence-corrected chi connectivity index (χ1v) is 9.70. The molecule has 0 radical (unpaired) electrons. The van der Waals surface area contributed by atoms with E-state index >= 15 is 0 Å². The summed E-state index contributed by atoms with van der Waals surface area (Å²) in [5.41, 5.74) is 0. The van der Waals surface area contributed by atoms with E-state index in [1.807, 2.05) is 0 Å².